The minimum Gasteiger partial charge on any atom is -0.546 e. The third kappa shape index (κ3) is 5.48. The molecule has 4 rings (SSSR count). The van der Waals surface area contributed by atoms with Gasteiger partial charge in [0.05, 0.1) is 22.4 Å². The molecule has 0 bridgehead atoms. The zero-order valence-corrected chi connectivity index (χ0v) is 21.6. The fraction of sp³-hybridized carbons (Fsp3) is 0.148. The van der Waals surface area contributed by atoms with Gasteiger partial charge in [-0.3, -0.25) is 9.59 Å². The summed E-state index contributed by atoms with van der Waals surface area (Å²) in [6, 6.07) is 23.1. The minimum atomic E-state index is -1.40. The van der Waals surface area contributed by atoms with Gasteiger partial charge < -0.3 is 24.9 Å². The molecule has 0 aliphatic heterocycles. The van der Waals surface area contributed by atoms with E-state index in [4.69, 9.17) is 10.5 Å². The summed E-state index contributed by atoms with van der Waals surface area (Å²) in [5.41, 5.74) is 9.89. The van der Waals surface area contributed by atoms with Crippen LogP contribution >= 0.6 is 0 Å². The van der Waals surface area contributed by atoms with Crippen LogP contribution in [0.4, 0.5) is 0 Å². The predicted molar refractivity (Wildman–Crippen MR) is 126 cm³/mol. The third-order valence-electron chi connectivity index (χ3n) is 5.67. The van der Waals surface area contributed by atoms with Gasteiger partial charge in [-0.15, -0.1) is 0 Å². The van der Waals surface area contributed by atoms with Crippen molar-refractivity contribution in [1.82, 2.24) is 4.57 Å². The van der Waals surface area contributed by atoms with Gasteiger partial charge in [0.15, 0.2) is 0 Å². The van der Waals surface area contributed by atoms with Gasteiger partial charge in [0.1, 0.15) is 12.4 Å². The van der Waals surface area contributed by atoms with Crippen molar-refractivity contribution in [2.75, 3.05) is 6.61 Å². The SMILES string of the molecule is CCc1c(C(=O)C(N)=O)c2c(OCC(=O)[O-])cccc2n1Cc1cccc(-c2ccccc2)c1.[Na+]. The van der Waals surface area contributed by atoms with Crippen LogP contribution in [0.15, 0.2) is 72.8 Å². The molecule has 0 saturated carbocycles. The van der Waals surface area contributed by atoms with Crippen LogP contribution in [0.1, 0.15) is 28.5 Å². The molecule has 7 nitrogen and oxygen atoms in total. The molecule has 0 atom stereocenters. The molecule has 0 unspecified atom stereocenters. The number of aromatic nitrogens is 1. The van der Waals surface area contributed by atoms with Crippen LogP contribution in [0.25, 0.3) is 22.0 Å². The molecule has 3 aromatic carbocycles. The maximum Gasteiger partial charge on any atom is 1.00 e. The largest absolute Gasteiger partial charge is 1.00 e. The van der Waals surface area contributed by atoms with E-state index in [1.807, 2.05) is 60.0 Å². The fourth-order valence-electron chi connectivity index (χ4n) is 4.26. The fourth-order valence-corrected chi connectivity index (χ4v) is 4.26. The van der Waals surface area contributed by atoms with Crippen molar-refractivity contribution in [2.24, 2.45) is 5.73 Å². The molecular weight excluding hydrogens is 455 g/mol. The van der Waals surface area contributed by atoms with E-state index in [0.717, 1.165) is 16.7 Å². The summed E-state index contributed by atoms with van der Waals surface area (Å²) in [5.74, 6) is -3.15. The molecule has 2 N–H and O–H groups in total. The number of amides is 1. The molecule has 0 aliphatic carbocycles. The molecule has 0 saturated heterocycles. The zero-order chi connectivity index (χ0) is 24.2. The number of benzene rings is 3. The first kappa shape index (κ1) is 26.2. The molecule has 4 aromatic rings. The van der Waals surface area contributed by atoms with Gasteiger partial charge in [-0.2, -0.15) is 0 Å². The topological polar surface area (TPSA) is 114 Å². The Morgan fingerprint density at radius 1 is 0.943 bits per heavy atom. The number of ketones is 1. The summed E-state index contributed by atoms with van der Waals surface area (Å²) >= 11 is 0. The predicted octanol–water partition coefficient (Wildman–Crippen LogP) is -0.280. The summed E-state index contributed by atoms with van der Waals surface area (Å²) in [7, 11) is 0. The molecule has 172 valence electrons. The van der Waals surface area contributed by atoms with Crippen LogP contribution < -0.4 is 45.1 Å². The van der Waals surface area contributed by atoms with Crippen LogP contribution in [0.2, 0.25) is 0 Å². The van der Waals surface area contributed by atoms with E-state index < -0.39 is 24.3 Å². The number of nitrogens with zero attached hydrogens (tertiary/aromatic N) is 1. The molecule has 0 spiro atoms. The number of carboxylic acids is 1. The quantitative estimate of drug-likeness (QED) is 0.202. The second-order valence-corrected chi connectivity index (χ2v) is 7.83. The van der Waals surface area contributed by atoms with Crippen LogP contribution in [0.3, 0.4) is 0 Å². The van der Waals surface area contributed by atoms with Gasteiger partial charge in [-0.25, -0.2) is 0 Å². The summed E-state index contributed by atoms with van der Waals surface area (Å²) < 4.78 is 7.36. The van der Waals surface area contributed by atoms with Crippen molar-refractivity contribution in [2.45, 2.75) is 19.9 Å². The number of ether oxygens (including phenoxy) is 1. The van der Waals surface area contributed by atoms with E-state index in [1.54, 1.807) is 18.2 Å². The number of carbonyl (C=O) groups is 3. The van der Waals surface area contributed by atoms with Gasteiger partial charge in [0.2, 0.25) is 0 Å². The number of rotatable bonds is 9. The number of Topliss-reactive ketones (excluding diaryl/α,β-unsaturated/α-hetero) is 1. The Kier molecular flexibility index (Phi) is 8.51. The van der Waals surface area contributed by atoms with Gasteiger partial charge in [-0.1, -0.05) is 61.5 Å². The molecule has 0 aliphatic rings. The van der Waals surface area contributed by atoms with Gasteiger partial charge in [-0.05, 0) is 41.3 Å². The van der Waals surface area contributed by atoms with Crippen molar-refractivity contribution in [1.29, 1.82) is 0 Å². The molecule has 0 fully saturated rings. The van der Waals surface area contributed by atoms with Crippen LogP contribution in [0, 0.1) is 0 Å². The summed E-state index contributed by atoms with van der Waals surface area (Å²) in [6.45, 7) is 1.62. The number of nitrogens with two attached hydrogens (primary N) is 1. The van der Waals surface area contributed by atoms with E-state index in [-0.39, 0.29) is 40.9 Å². The molecule has 1 heterocycles. The molecule has 1 aromatic heterocycles. The molecular formula is C27H23N2NaO5. The van der Waals surface area contributed by atoms with Crippen molar-refractivity contribution in [3.63, 3.8) is 0 Å². The first-order valence-electron chi connectivity index (χ1n) is 10.9. The second-order valence-electron chi connectivity index (χ2n) is 7.83. The Morgan fingerprint density at radius 3 is 2.29 bits per heavy atom. The van der Waals surface area contributed by atoms with Crippen molar-refractivity contribution >= 4 is 28.6 Å². The van der Waals surface area contributed by atoms with E-state index in [9.17, 15) is 19.5 Å². The number of carboxylic acid groups (broad SMARTS) is 1. The van der Waals surface area contributed by atoms with E-state index in [1.165, 1.54) is 0 Å². The normalized spacial score (nSPS) is 10.5. The molecule has 0 radical (unpaired) electrons. The van der Waals surface area contributed by atoms with E-state index in [2.05, 4.69) is 6.07 Å². The summed E-state index contributed by atoms with van der Waals surface area (Å²) in [4.78, 5) is 35.7. The summed E-state index contributed by atoms with van der Waals surface area (Å²) in [5, 5.41) is 11.3. The smallest absolute Gasteiger partial charge is 0.546 e. The number of hydrogen-bond acceptors (Lipinski definition) is 5. The number of hydrogen-bond donors (Lipinski definition) is 1. The zero-order valence-electron chi connectivity index (χ0n) is 19.6. The number of carbonyl (C=O) groups excluding carboxylic acids is 3. The van der Waals surface area contributed by atoms with E-state index >= 15 is 0 Å². The standard InChI is InChI=1S/C27H24N2O5.Na/c1-2-20-25(26(32)27(28)33)24-21(12-7-13-22(24)34-16-23(30)31)29(20)15-17-8-6-11-19(14-17)18-9-4-3-5-10-18;/h3-14H,2,15-16H2,1H3,(H2,28,33)(H,30,31);/q;+1/p-1. The van der Waals surface area contributed by atoms with Crippen LogP contribution in [-0.4, -0.2) is 28.8 Å². The summed E-state index contributed by atoms with van der Waals surface area (Å²) in [6.07, 6.45) is 0.446. The Labute approximate surface area is 224 Å². The molecule has 8 heteroatoms. The van der Waals surface area contributed by atoms with Crippen molar-refractivity contribution < 1.29 is 53.8 Å². The number of primary amides is 1. The molecule has 1 amide bonds. The van der Waals surface area contributed by atoms with Gasteiger partial charge in [0.25, 0.3) is 11.7 Å². The average Bonchev–Trinajstić information content (AvgIpc) is 3.16. The Bertz CT molecular complexity index is 1400. The van der Waals surface area contributed by atoms with Crippen LogP contribution in [0.5, 0.6) is 5.75 Å². The maximum absolute atomic E-state index is 12.9. The first-order chi connectivity index (χ1) is 16.4. The Morgan fingerprint density at radius 2 is 1.63 bits per heavy atom. The number of fused-ring (bicyclic) bond motifs is 1. The van der Waals surface area contributed by atoms with Crippen molar-refractivity contribution in [3.8, 4) is 16.9 Å². The third-order valence-corrected chi connectivity index (χ3v) is 5.67. The van der Waals surface area contributed by atoms with Crippen LogP contribution in [-0.2, 0) is 22.6 Å². The Hall–Kier alpha value is -3.39. The second kappa shape index (κ2) is 11.4. The number of aliphatic carboxylic acids is 1. The Balaban J connectivity index is 0.00000342. The maximum atomic E-state index is 12.9. The monoisotopic (exact) mass is 478 g/mol. The minimum absolute atomic E-state index is 0. The van der Waals surface area contributed by atoms with E-state index in [0.29, 0.717) is 29.6 Å². The average molecular weight is 478 g/mol. The van der Waals surface area contributed by atoms with Gasteiger partial charge >= 0.3 is 29.6 Å². The van der Waals surface area contributed by atoms with Gasteiger partial charge in [0, 0.05) is 12.2 Å². The van der Waals surface area contributed by atoms with Crippen molar-refractivity contribution in [3.05, 3.63) is 89.6 Å². The first-order valence-corrected chi connectivity index (χ1v) is 10.9. The molecule has 35 heavy (non-hydrogen) atoms.